The van der Waals surface area contributed by atoms with E-state index in [4.69, 9.17) is 11.6 Å². The molecule has 0 unspecified atom stereocenters. The lowest BCUT2D eigenvalue weighted by Gasteiger charge is -2.14. The number of fused-ring (bicyclic) bond motifs is 1. The number of thioether (sulfide) groups is 1. The molecule has 1 aromatic carbocycles. The van der Waals surface area contributed by atoms with Gasteiger partial charge in [-0.05, 0) is 6.07 Å². The van der Waals surface area contributed by atoms with Crippen LogP contribution in [-0.2, 0) is 0 Å². The van der Waals surface area contributed by atoms with Gasteiger partial charge in [-0.3, -0.25) is 4.79 Å². The smallest absolute Gasteiger partial charge is 0.164 e. The molecule has 0 fully saturated rings. The fraction of sp³-hybridized carbons (Fsp3) is 0.222. The third-order valence-corrected chi connectivity index (χ3v) is 3.41. The van der Waals surface area contributed by atoms with E-state index in [0.29, 0.717) is 11.4 Å². The lowest BCUT2D eigenvalue weighted by Crippen LogP contribution is -2.07. The van der Waals surface area contributed by atoms with E-state index in [1.807, 2.05) is 18.2 Å². The third kappa shape index (κ3) is 1.25. The molecule has 1 aliphatic heterocycles. The summed E-state index contributed by atoms with van der Waals surface area (Å²) in [7, 11) is 0. The molecule has 3 heteroatoms. The highest BCUT2D eigenvalue weighted by Crippen LogP contribution is 2.35. The van der Waals surface area contributed by atoms with Crippen molar-refractivity contribution in [2.75, 3.05) is 5.75 Å². The van der Waals surface area contributed by atoms with Crippen molar-refractivity contribution in [1.82, 2.24) is 0 Å². The molecule has 1 nitrogen and oxygen atoms in total. The molecule has 0 atom stereocenters. The molecule has 0 amide bonds. The molecule has 0 saturated heterocycles. The second-order valence-corrected chi connectivity index (χ2v) is 4.15. The minimum atomic E-state index is 0.214. The number of hydrogen-bond donors (Lipinski definition) is 0. The van der Waals surface area contributed by atoms with E-state index in [1.165, 1.54) is 0 Å². The fourth-order valence-electron chi connectivity index (χ4n) is 1.26. The Morgan fingerprint density at radius 2 is 2.25 bits per heavy atom. The first-order valence-electron chi connectivity index (χ1n) is 3.73. The third-order valence-electron chi connectivity index (χ3n) is 1.84. The number of carbonyl (C=O) groups excluding carboxylic acids is 1. The highest BCUT2D eigenvalue weighted by atomic mass is 35.5. The van der Waals surface area contributed by atoms with Gasteiger partial charge in [-0.25, -0.2) is 0 Å². The predicted octanol–water partition coefficient (Wildman–Crippen LogP) is 3.02. The predicted molar refractivity (Wildman–Crippen MR) is 51.1 cm³/mol. The number of rotatable bonds is 0. The lowest BCUT2D eigenvalue weighted by atomic mass is 10.1. The summed E-state index contributed by atoms with van der Waals surface area (Å²) in [5, 5.41) is 0.700. The quantitative estimate of drug-likeness (QED) is 0.638. The van der Waals surface area contributed by atoms with Gasteiger partial charge in [-0.2, -0.15) is 0 Å². The number of benzene rings is 1. The van der Waals surface area contributed by atoms with Gasteiger partial charge in [0.15, 0.2) is 5.78 Å². The van der Waals surface area contributed by atoms with Gasteiger partial charge >= 0.3 is 0 Å². The Labute approximate surface area is 80.1 Å². The summed E-state index contributed by atoms with van der Waals surface area (Å²) in [6, 6.07) is 5.49. The fourth-order valence-corrected chi connectivity index (χ4v) is 2.63. The average molecular weight is 199 g/mol. The average Bonchev–Trinajstić information content (AvgIpc) is 2.07. The number of halogens is 1. The van der Waals surface area contributed by atoms with Crippen LogP contribution in [0.3, 0.4) is 0 Å². The number of hydrogen-bond acceptors (Lipinski definition) is 2. The molecular formula is C9H7ClOS. The lowest BCUT2D eigenvalue weighted by molar-refractivity contribution is 0.0985. The highest BCUT2D eigenvalue weighted by Gasteiger charge is 2.18. The van der Waals surface area contributed by atoms with Crippen molar-refractivity contribution >= 4 is 29.1 Å². The molecule has 0 bridgehead atoms. The maximum absolute atomic E-state index is 11.4. The molecule has 0 N–H and O–H groups in total. The first-order valence-corrected chi connectivity index (χ1v) is 5.10. The van der Waals surface area contributed by atoms with Crippen LogP contribution in [0.15, 0.2) is 23.1 Å². The highest BCUT2D eigenvalue weighted by molar-refractivity contribution is 7.99. The van der Waals surface area contributed by atoms with Crippen LogP contribution in [0.4, 0.5) is 0 Å². The van der Waals surface area contributed by atoms with E-state index in [-0.39, 0.29) is 5.78 Å². The van der Waals surface area contributed by atoms with Crippen LogP contribution in [0.5, 0.6) is 0 Å². The van der Waals surface area contributed by atoms with Crippen molar-refractivity contribution in [3.05, 3.63) is 28.8 Å². The monoisotopic (exact) mass is 198 g/mol. The molecule has 0 aliphatic carbocycles. The Balaban J connectivity index is 2.59. The zero-order valence-electron chi connectivity index (χ0n) is 6.34. The zero-order valence-corrected chi connectivity index (χ0v) is 7.91. The van der Waals surface area contributed by atoms with Gasteiger partial charge in [-0.15, -0.1) is 11.8 Å². The van der Waals surface area contributed by atoms with E-state index >= 15 is 0 Å². The summed E-state index contributed by atoms with van der Waals surface area (Å²) in [5.41, 5.74) is 0.791. The Bertz CT molecular complexity index is 335. The molecule has 62 valence electrons. The summed E-state index contributed by atoms with van der Waals surface area (Å²) in [4.78, 5) is 12.3. The molecule has 0 spiro atoms. The van der Waals surface area contributed by atoms with Crippen LogP contribution in [0.2, 0.25) is 5.02 Å². The van der Waals surface area contributed by atoms with Gasteiger partial charge in [0.1, 0.15) is 0 Å². The first-order chi connectivity index (χ1) is 5.79. The van der Waals surface area contributed by atoms with Crippen LogP contribution in [0, 0.1) is 0 Å². The molecule has 1 aliphatic rings. The summed E-state index contributed by atoms with van der Waals surface area (Å²) in [5.74, 6) is 1.07. The molecule has 1 heterocycles. The molecule has 0 saturated carbocycles. The Morgan fingerprint density at radius 3 is 3.00 bits per heavy atom. The van der Waals surface area contributed by atoms with Crippen molar-refractivity contribution in [1.29, 1.82) is 0 Å². The Kier molecular flexibility index (Phi) is 2.11. The van der Waals surface area contributed by atoms with E-state index in [9.17, 15) is 4.79 Å². The van der Waals surface area contributed by atoms with Gasteiger partial charge < -0.3 is 0 Å². The van der Waals surface area contributed by atoms with Crippen molar-refractivity contribution in [3.63, 3.8) is 0 Å². The van der Waals surface area contributed by atoms with Gasteiger partial charge in [0.25, 0.3) is 0 Å². The SMILES string of the molecule is O=C1CCSc2c(Cl)cccc21. The summed E-state index contributed by atoms with van der Waals surface area (Å²) >= 11 is 7.60. The molecule has 1 aromatic rings. The van der Waals surface area contributed by atoms with Gasteiger partial charge in [0, 0.05) is 22.6 Å². The van der Waals surface area contributed by atoms with E-state index in [0.717, 1.165) is 16.2 Å². The van der Waals surface area contributed by atoms with E-state index in [1.54, 1.807) is 11.8 Å². The second kappa shape index (κ2) is 3.11. The van der Waals surface area contributed by atoms with Gasteiger partial charge in [-0.1, -0.05) is 23.7 Å². The Morgan fingerprint density at radius 1 is 1.42 bits per heavy atom. The van der Waals surface area contributed by atoms with Crippen LogP contribution in [0.25, 0.3) is 0 Å². The largest absolute Gasteiger partial charge is 0.294 e. The van der Waals surface area contributed by atoms with Crippen LogP contribution in [0.1, 0.15) is 16.8 Å². The van der Waals surface area contributed by atoms with Crippen molar-refractivity contribution in [2.45, 2.75) is 11.3 Å². The number of carbonyl (C=O) groups is 1. The van der Waals surface area contributed by atoms with Crippen LogP contribution in [-0.4, -0.2) is 11.5 Å². The molecular weight excluding hydrogens is 192 g/mol. The summed E-state index contributed by atoms with van der Waals surface area (Å²) in [6.07, 6.45) is 0.637. The zero-order chi connectivity index (χ0) is 8.55. The summed E-state index contributed by atoms with van der Waals surface area (Å²) < 4.78 is 0. The normalized spacial score (nSPS) is 15.9. The topological polar surface area (TPSA) is 17.1 Å². The van der Waals surface area contributed by atoms with Crippen molar-refractivity contribution in [2.24, 2.45) is 0 Å². The second-order valence-electron chi connectivity index (χ2n) is 2.64. The van der Waals surface area contributed by atoms with Crippen LogP contribution >= 0.6 is 23.4 Å². The maximum Gasteiger partial charge on any atom is 0.164 e. The van der Waals surface area contributed by atoms with E-state index in [2.05, 4.69) is 0 Å². The van der Waals surface area contributed by atoms with Crippen LogP contribution < -0.4 is 0 Å². The standard InChI is InChI=1S/C9H7ClOS/c10-7-3-1-2-6-8(11)4-5-12-9(6)7/h1-3H,4-5H2. The van der Waals surface area contributed by atoms with Gasteiger partial charge in [0.05, 0.1) is 5.02 Å². The number of Topliss-reactive ketones (excluding diaryl/α,β-unsaturated/α-hetero) is 1. The first kappa shape index (κ1) is 8.14. The molecule has 0 radical (unpaired) electrons. The minimum Gasteiger partial charge on any atom is -0.294 e. The molecule has 12 heavy (non-hydrogen) atoms. The van der Waals surface area contributed by atoms with E-state index < -0.39 is 0 Å². The minimum absolute atomic E-state index is 0.214. The number of ketones is 1. The van der Waals surface area contributed by atoms with Crippen molar-refractivity contribution in [3.8, 4) is 0 Å². The maximum atomic E-state index is 11.4. The summed E-state index contributed by atoms with van der Waals surface area (Å²) in [6.45, 7) is 0. The van der Waals surface area contributed by atoms with Crippen molar-refractivity contribution < 1.29 is 4.79 Å². The molecule has 0 aromatic heterocycles. The van der Waals surface area contributed by atoms with Gasteiger partial charge in [0.2, 0.25) is 0 Å². The Hall–Kier alpha value is -0.470. The molecule has 2 rings (SSSR count).